The monoisotopic (exact) mass is 851 g/mol. The van der Waals surface area contributed by atoms with E-state index in [0.717, 1.165) is 22.3 Å². The first kappa shape index (κ1) is 44.3. The van der Waals surface area contributed by atoms with Crippen LogP contribution in [0.15, 0.2) is 145 Å². The van der Waals surface area contributed by atoms with Crippen molar-refractivity contribution < 1.29 is 38.8 Å². The number of amides is 1. The third-order valence-electron chi connectivity index (χ3n) is 14.4. The summed E-state index contributed by atoms with van der Waals surface area (Å²) in [7, 11) is 0. The quantitative estimate of drug-likeness (QED) is 0.0732. The molecule has 0 aliphatic heterocycles. The Morgan fingerprint density at radius 3 is 1.86 bits per heavy atom. The summed E-state index contributed by atoms with van der Waals surface area (Å²) in [6.07, 6.45) is 3.73. The van der Waals surface area contributed by atoms with Gasteiger partial charge in [-0.1, -0.05) is 154 Å². The lowest BCUT2D eigenvalue weighted by Crippen LogP contribution is -2.61. The van der Waals surface area contributed by atoms with Crippen LogP contribution in [0, 0.1) is 29.1 Å². The van der Waals surface area contributed by atoms with Crippen LogP contribution in [0.4, 0.5) is 4.79 Å². The van der Waals surface area contributed by atoms with Gasteiger partial charge in [0.2, 0.25) is 0 Å². The zero-order valence-corrected chi connectivity index (χ0v) is 37.5. The molecular weight excluding hydrogens is 791 g/mol. The van der Waals surface area contributed by atoms with Crippen molar-refractivity contribution >= 4 is 17.8 Å². The van der Waals surface area contributed by atoms with E-state index in [1.54, 1.807) is 33.8 Å². The van der Waals surface area contributed by atoms with E-state index in [2.05, 4.69) is 19.2 Å². The first-order valence-corrected chi connectivity index (χ1v) is 22.3. The maximum absolute atomic E-state index is 14.3. The van der Waals surface area contributed by atoms with E-state index in [-0.39, 0.29) is 25.4 Å². The number of alkyl carbamates (subject to hydrolysis) is 1. The van der Waals surface area contributed by atoms with Gasteiger partial charge < -0.3 is 29.7 Å². The van der Waals surface area contributed by atoms with Gasteiger partial charge in [0.05, 0.1) is 18.6 Å². The van der Waals surface area contributed by atoms with E-state index in [4.69, 9.17) is 14.2 Å². The number of nitrogens with one attached hydrogen (secondary N) is 1. The molecule has 0 unspecified atom stereocenters. The van der Waals surface area contributed by atoms with Crippen LogP contribution in [0.5, 0.6) is 0 Å². The molecule has 330 valence electrons. The number of carbonyl (C=O) groups is 3. The summed E-state index contributed by atoms with van der Waals surface area (Å²) in [4.78, 5) is 41.5. The molecule has 0 spiro atoms. The summed E-state index contributed by atoms with van der Waals surface area (Å²) in [5.41, 5.74) is -2.11. The molecule has 0 bridgehead atoms. The number of hydrogen-bond donors (Lipinski definition) is 3. The number of hydrogen-bond acceptors (Lipinski definition) is 8. The molecule has 4 aromatic carbocycles. The van der Waals surface area contributed by atoms with Crippen molar-refractivity contribution in [3.63, 3.8) is 0 Å². The summed E-state index contributed by atoms with van der Waals surface area (Å²) >= 11 is 0. The molecule has 2 saturated carbocycles. The van der Waals surface area contributed by atoms with Gasteiger partial charge in [0.1, 0.15) is 22.4 Å². The van der Waals surface area contributed by atoms with Crippen molar-refractivity contribution in [2.24, 2.45) is 29.1 Å². The molecule has 4 aliphatic carbocycles. The lowest BCUT2D eigenvalue weighted by atomic mass is 9.60. The fourth-order valence-corrected chi connectivity index (χ4v) is 11.6. The Labute approximate surface area is 371 Å². The number of esters is 1. The number of Topliss-reactive ketones (excluding diaryl/α,β-unsaturated/α-hetero) is 1. The third kappa shape index (κ3) is 7.76. The largest absolute Gasteiger partial charge is 0.458 e. The van der Waals surface area contributed by atoms with E-state index >= 15 is 0 Å². The molecule has 3 N–H and O–H groups in total. The van der Waals surface area contributed by atoms with E-state index in [9.17, 15) is 24.6 Å². The molecule has 0 aromatic heterocycles. The minimum Gasteiger partial charge on any atom is -0.458 e. The predicted molar refractivity (Wildman–Crippen MR) is 241 cm³/mol. The van der Waals surface area contributed by atoms with Crippen molar-refractivity contribution in [3.05, 3.63) is 167 Å². The van der Waals surface area contributed by atoms with Crippen molar-refractivity contribution in [2.75, 3.05) is 6.61 Å². The van der Waals surface area contributed by atoms with E-state index in [0.29, 0.717) is 24.0 Å². The van der Waals surface area contributed by atoms with Gasteiger partial charge in [0.25, 0.3) is 0 Å². The maximum Gasteiger partial charge on any atom is 0.407 e. The number of ether oxygens (including phenoxy) is 3. The average Bonchev–Trinajstić information content (AvgIpc) is 3.65. The zero-order chi connectivity index (χ0) is 45.0. The Kier molecular flexibility index (Phi) is 11.5. The molecule has 0 heterocycles. The van der Waals surface area contributed by atoms with Gasteiger partial charge in [-0.25, -0.2) is 4.79 Å². The number of aliphatic hydroxyl groups is 2. The topological polar surface area (TPSA) is 131 Å². The minimum absolute atomic E-state index is 0.0262. The van der Waals surface area contributed by atoms with Crippen LogP contribution >= 0.6 is 0 Å². The predicted octanol–water partition coefficient (Wildman–Crippen LogP) is 9.05. The van der Waals surface area contributed by atoms with Gasteiger partial charge in [-0.05, 0) is 79.9 Å². The van der Waals surface area contributed by atoms with Crippen LogP contribution in [0.2, 0.25) is 0 Å². The smallest absolute Gasteiger partial charge is 0.407 e. The highest BCUT2D eigenvalue weighted by Crippen LogP contribution is 2.76. The normalized spacial score (nSPS) is 28.8. The van der Waals surface area contributed by atoms with Gasteiger partial charge in [-0.15, -0.1) is 0 Å². The van der Waals surface area contributed by atoms with Gasteiger partial charge in [-0.3, -0.25) is 9.59 Å². The van der Waals surface area contributed by atoms with E-state index < -0.39 is 75.1 Å². The number of rotatable bonds is 12. The highest BCUT2D eigenvalue weighted by molar-refractivity contribution is 6.04. The Bertz CT molecular complexity index is 2290. The first-order valence-electron chi connectivity index (χ1n) is 22.3. The molecule has 9 nitrogen and oxygen atoms in total. The molecule has 2 fully saturated rings. The van der Waals surface area contributed by atoms with Gasteiger partial charge in [0, 0.05) is 35.6 Å². The number of benzene rings is 4. The Morgan fingerprint density at radius 2 is 1.33 bits per heavy atom. The SMILES string of the molecule is CC1=C[C@H]2[C@@]3(O)[C@H](C)C[C@]4(OC(=O)C[C@H](Cc5ccccc5)NC(=O)OC(C)(C)C)[C@H]([C@@H]3C=C(COC(c3ccccc3)(c3ccccc3)c3ccccc3)C[C@]2(O)C1=O)C4(C)C. The van der Waals surface area contributed by atoms with E-state index in [1.165, 1.54) is 0 Å². The van der Waals surface area contributed by atoms with Crippen LogP contribution in [0.25, 0.3) is 0 Å². The van der Waals surface area contributed by atoms with Gasteiger partial charge in [-0.2, -0.15) is 0 Å². The van der Waals surface area contributed by atoms with Crippen LogP contribution < -0.4 is 5.32 Å². The lowest BCUT2D eigenvalue weighted by Gasteiger charge is -2.50. The minimum atomic E-state index is -1.92. The molecule has 9 heteroatoms. The van der Waals surface area contributed by atoms with Crippen molar-refractivity contribution in [2.45, 2.75) is 108 Å². The molecule has 8 atom stereocenters. The summed E-state index contributed by atoms with van der Waals surface area (Å²) in [6.45, 7) is 13.2. The van der Waals surface area contributed by atoms with Crippen LogP contribution in [0.3, 0.4) is 0 Å². The van der Waals surface area contributed by atoms with Crippen LogP contribution in [-0.2, 0) is 35.8 Å². The number of fused-ring (bicyclic) bond motifs is 5. The van der Waals surface area contributed by atoms with Crippen LogP contribution in [0.1, 0.15) is 90.0 Å². The Morgan fingerprint density at radius 1 is 0.810 bits per heavy atom. The fraction of sp³-hybridized carbons (Fsp3) is 0.426. The third-order valence-corrected chi connectivity index (χ3v) is 14.4. The number of ketones is 1. The van der Waals surface area contributed by atoms with Gasteiger partial charge in [0.15, 0.2) is 5.78 Å². The standard InChI is InChI=1S/C54H61NO8/c1-35-28-44-51(59,47(35)57)33-38(34-61-54(39-22-14-9-15-23-39,40-24-16-10-17-25-40)41-26-18-11-19-27-41)30-43-46-50(6,7)52(46,32-36(2)53(43,44)60)62-45(56)31-42(29-37-20-12-8-13-21-37)55-48(58)63-49(3,4)5/h8-28,30,36,42-44,46,59-60H,29,31-34H2,1-7H3,(H,55,58)/t36-,42+,43+,44-,46-,51-,52+,53-/m1/s1. The Hall–Kier alpha value is -5.35. The highest BCUT2D eigenvalue weighted by Gasteiger charge is 2.83. The highest BCUT2D eigenvalue weighted by atomic mass is 16.6. The number of carbonyl (C=O) groups excluding carboxylic acids is 3. The van der Waals surface area contributed by atoms with Crippen molar-refractivity contribution in [3.8, 4) is 0 Å². The summed E-state index contributed by atoms with van der Waals surface area (Å²) in [6, 6.07) is 39.1. The summed E-state index contributed by atoms with van der Waals surface area (Å²) in [5.74, 6) is -3.29. The zero-order valence-electron chi connectivity index (χ0n) is 37.5. The molecular formula is C54H61NO8. The average molecular weight is 852 g/mol. The Balaban J connectivity index is 1.16. The van der Waals surface area contributed by atoms with Crippen LogP contribution in [-0.4, -0.2) is 63.1 Å². The second-order valence-electron chi connectivity index (χ2n) is 20.0. The molecule has 4 aromatic rings. The van der Waals surface area contributed by atoms with Gasteiger partial charge >= 0.3 is 12.1 Å². The molecule has 8 rings (SSSR count). The molecule has 63 heavy (non-hydrogen) atoms. The van der Waals surface area contributed by atoms with Crippen molar-refractivity contribution in [1.82, 2.24) is 5.32 Å². The second kappa shape index (κ2) is 16.3. The summed E-state index contributed by atoms with van der Waals surface area (Å²) < 4.78 is 19.6. The maximum atomic E-state index is 14.3. The summed E-state index contributed by atoms with van der Waals surface area (Å²) in [5, 5.41) is 29.0. The first-order chi connectivity index (χ1) is 29.8. The molecule has 0 saturated heterocycles. The van der Waals surface area contributed by atoms with Crippen molar-refractivity contribution in [1.29, 1.82) is 0 Å². The molecule has 4 aliphatic rings. The fourth-order valence-electron chi connectivity index (χ4n) is 11.6. The van der Waals surface area contributed by atoms with E-state index in [1.807, 2.05) is 134 Å². The lowest BCUT2D eigenvalue weighted by molar-refractivity contribution is -0.187. The molecule has 0 radical (unpaired) electrons. The second-order valence-corrected chi connectivity index (χ2v) is 20.0. The molecule has 1 amide bonds.